The Morgan fingerprint density at radius 1 is 1.27 bits per heavy atom. The standard InChI is InChI=1S/C9H9BrF3N.ClH/c10-8-5-6(3-4-14)1-2-7(8)9(11,12)13;/h1-2,5H,3-4,14H2;1H. The second-order valence-electron chi connectivity index (χ2n) is 2.85. The van der Waals surface area contributed by atoms with Gasteiger partial charge >= 0.3 is 6.18 Å². The Morgan fingerprint density at radius 2 is 1.87 bits per heavy atom. The number of rotatable bonds is 2. The van der Waals surface area contributed by atoms with Crippen LogP contribution in [-0.2, 0) is 12.6 Å². The van der Waals surface area contributed by atoms with Crippen LogP contribution in [0.1, 0.15) is 11.1 Å². The second kappa shape index (κ2) is 5.72. The fraction of sp³-hybridized carbons (Fsp3) is 0.333. The predicted molar refractivity (Wildman–Crippen MR) is 59.2 cm³/mol. The van der Waals surface area contributed by atoms with Crippen LogP contribution in [-0.4, -0.2) is 6.54 Å². The minimum absolute atomic E-state index is 0. The predicted octanol–water partition coefficient (Wildman–Crippen LogP) is 3.39. The average molecular weight is 305 g/mol. The zero-order chi connectivity index (χ0) is 10.8. The van der Waals surface area contributed by atoms with Crippen molar-refractivity contribution in [3.05, 3.63) is 33.8 Å². The molecule has 1 aromatic carbocycles. The van der Waals surface area contributed by atoms with E-state index in [0.29, 0.717) is 13.0 Å². The Hall–Kier alpha value is -0.260. The van der Waals surface area contributed by atoms with Gasteiger partial charge in [0.2, 0.25) is 0 Å². The second-order valence-corrected chi connectivity index (χ2v) is 3.70. The lowest BCUT2D eigenvalue weighted by Crippen LogP contribution is -2.07. The summed E-state index contributed by atoms with van der Waals surface area (Å²) >= 11 is 2.89. The average Bonchev–Trinajstić information content (AvgIpc) is 2.02. The zero-order valence-corrected chi connectivity index (χ0v) is 10.0. The molecule has 0 spiro atoms. The Balaban J connectivity index is 0.00000196. The van der Waals surface area contributed by atoms with Gasteiger partial charge in [0.25, 0.3) is 0 Å². The smallest absolute Gasteiger partial charge is 0.330 e. The molecule has 1 rings (SSSR count). The van der Waals surface area contributed by atoms with Crippen LogP contribution in [0.15, 0.2) is 22.7 Å². The maximum Gasteiger partial charge on any atom is 0.417 e. The molecule has 0 aliphatic heterocycles. The molecule has 86 valence electrons. The molecule has 0 saturated carbocycles. The van der Waals surface area contributed by atoms with Gasteiger partial charge in [-0.05, 0) is 30.7 Å². The number of hydrogen-bond donors (Lipinski definition) is 1. The zero-order valence-electron chi connectivity index (χ0n) is 7.64. The molecule has 0 atom stereocenters. The Kier molecular flexibility index (Phi) is 5.62. The molecule has 0 unspecified atom stereocenters. The molecule has 6 heteroatoms. The molecule has 0 radical (unpaired) electrons. The van der Waals surface area contributed by atoms with Crippen molar-refractivity contribution in [2.45, 2.75) is 12.6 Å². The normalized spacial score (nSPS) is 11.0. The number of nitrogens with two attached hydrogens (primary N) is 1. The molecule has 0 aliphatic rings. The van der Waals surface area contributed by atoms with Crippen LogP contribution < -0.4 is 5.73 Å². The third-order valence-corrected chi connectivity index (χ3v) is 2.43. The number of benzene rings is 1. The minimum atomic E-state index is -4.31. The van der Waals surface area contributed by atoms with Crippen LogP contribution >= 0.6 is 28.3 Å². The molecule has 0 saturated heterocycles. The first-order chi connectivity index (χ1) is 6.45. The SMILES string of the molecule is Cl.NCCc1ccc(C(F)(F)F)c(Br)c1. The summed E-state index contributed by atoms with van der Waals surface area (Å²) in [4.78, 5) is 0. The van der Waals surface area contributed by atoms with Gasteiger partial charge in [-0.2, -0.15) is 13.2 Å². The van der Waals surface area contributed by atoms with E-state index in [1.165, 1.54) is 12.1 Å². The summed E-state index contributed by atoms with van der Waals surface area (Å²) in [7, 11) is 0. The highest BCUT2D eigenvalue weighted by atomic mass is 79.9. The molecule has 0 aliphatic carbocycles. The summed E-state index contributed by atoms with van der Waals surface area (Å²) in [5, 5.41) is 0. The van der Waals surface area contributed by atoms with E-state index >= 15 is 0 Å². The Bertz CT molecular complexity index is 328. The summed E-state index contributed by atoms with van der Waals surface area (Å²) in [5.41, 5.74) is 5.44. The number of halogens is 5. The summed E-state index contributed by atoms with van der Waals surface area (Å²) in [5.74, 6) is 0. The highest BCUT2D eigenvalue weighted by Crippen LogP contribution is 2.35. The maximum absolute atomic E-state index is 12.3. The summed E-state index contributed by atoms with van der Waals surface area (Å²) in [6, 6.07) is 3.96. The first-order valence-corrected chi connectivity index (χ1v) is 4.80. The van der Waals surface area contributed by atoms with Gasteiger partial charge in [0.15, 0.2) is 0 Å². The van der Waals surface area contributed by atoms with Gasteiger partial charge < -0.3 is 5.73 Å². The highest BCUT2D eigenvalue weighted by molar-refractivity contribution is 9.10. The molecular weight excluding hydrogens is 294 g/mol. The fourth-order valence-corrected chi connectivity index (χ4v) is 1.76. The molecule has 0 aromatic heterocycles. The maximum atomic E-state index is 12.3. The lowest BCUT2D eigenvalue weighted by atomic mass is 10.1. The minimum Gasteiger partial charge on any atom is -0.330 e. The number of alkyl halides is 3. The van der Waals surface area contributed by atoms with E-state index in [1.54, 1.807) is 0 Å². The van der Waals surface area contributed by atoms with Gasteiger partial charge in [-0.3, -0.25) is 0 Å². The van der Waals surface area contributed by atoms with Crippen molar-refractivity contribution in [2.75, 3.05) is 6.54 Å². The molecule has 0 bridgehead atoms. The van der Waals surface area contributed by atoms with Gasteiger partial charge in [0.1, 0.15) is 0 Å². The molecule has 15 heavy (non-hydrogen) atoms. The van der Waals surface area contributed by atoms with E-state index < -0.39 is 11.7 Å². The molecule has 1 nitrogen and oxygen atoms in total. The van der Waals surface area contributed by atoms with Crippen molar-refractivity contribution in [2.24, 2.45) is 5.73 Å². The van der Waals surface area contributed by atoms with Crippen LogP contribution in [0.25, 0.3) is 0 Å². The van der Waals surface area contributed by atoms with Crippen molar-refractivity contribution < 1.29 is 13.2 Å². The molecule has 0 amide bonds. The van der Waals surface area contributed by atoms with E-state index in [0.717, 1.165) is 11.6 Å². The van der Waals surface area contributed by atoms with E-state index in [9.17, 15) is 13.2 Å². The summed E-state index contributed by atoms with van der Waals surface area (Å²) in [6.07, 6.45) is -3.73. The third-order valence-electron chi connectivity index (χ3n) is 1.77. The van der Waals surface area contributed by atoms with Gasteiger partial charge in [-0.1, -0.05) is 22.0 Å². The molecule has 2 N–H and O–H groups in total. The van der Waals surface area contributed by atoms with E-state index in [2.05, 4.69) is 15.9 Å². The quantitative estimate of drug-likeness (QED) is 0.890. The van der Waals surface area contributed by atoms with Gasteiger partial charge in [-0.25, -0.2) is 0 Å². The van der Waals surface area contributed by atoms with Crippen molar-refractivity contribution in [3.63, 3.8) is 0 Å². The first kappa shape index (κ1) is 14.7. The first-order valence-electron chi connectivity index (χ1n) is 4.01. The van der Waals surface area contributed by atoms with Gasteiger partial charge in [0, 0.05) is 4.47 Å². The largest absolute Gasteiger partial charge is 0.417 e. The fourth-order valence-electron chi connectivity index (χ4n) is 1.11. The topological polar surface area (TPSA) is 26.0 Å². The van der Waals surface area contributed by atoms with Gasteiger partial charge in [-0.15, -0.1) is 12.4 Å². The lowest BCUT2D eigenvalue weighted by molar-refractivity contribution is -0.138. The van der Waals surface area contributed by atoms with Crippen molar-refractivity contribution >= 4 is 28.3 Å². The van der Waals surface area contributed by atoms with E-state index in [1.807, 2.05) is 0 Å². The molecule has 0 fully saturated rings. The van der Waals surface area contributed by atoms with Crippen LogP contribution in [0.2, 0.25) is 0 Å². The molecular formula is C9H10BrClF3N. The van der Waals surface area contributed by atoms with Crippen molar-refractivity contribution in [3.8, 4) is 0 Å². The summed E-state index contributed by atoms with van der Waals surface area (Å²) in [6.45, 7) is 0.428. The molecule has 1 aromatic rings. The third kappa shape index (κ3) is 4.01. The lowest BCUT2D eigenvalue weighted by Gasteiger charge is -2.10. The van der Waals surface area contributed by atoms with E-state index in [-0.39, 0.29) is 16.9 Å². The van der Waals surface area contributed by atoms with Crippen LogP contribution in [0.3, 0.4) is 0 Å². The highest BCUT2D eigenvalue weighted by Gasteiger charge is 2.32. The Morgan fingerprint density at radius 3 is 2.27 bits per heavy atom. The Labute approximate surface area is 100 Å². The van der Waals surface area contributed by atoms with Crippen LogP contribution in [0, 0.1) is 0 Å². The molecule has 0 heterocycles. The number of hydrogen-bond acceptors (Lipinski definition) is 1. The van der Waals surface area contributed by atoms with Crippen LogP contribution in [0.5, 0.6) is 0 Å². The van der Waals surface area contributed by atoms with Crippen molar-refractivity contribution in [1.29, 1.82) is 0 Å². The summed E-state index contributed by atoms with van der Waals surface area (Å²) < 4.78 is 37.0. The van der Waals surface area contributed by atoms with Crippen LogP contribution in [0.4, 0.5) is 13.2 Å². The monoisotopic (exact) mass is 303 g/mol. The van der Waals surface area contributed by atoms with Crippen molar-refractivity contribution in [1.82, 2.24) is 0 Å². The van der Waals surface area contributed by atoms with E-state index in [4.69, 9.17) is 5.73 Å². The van der Waals surface area contributed by atoms with Gasteiger partial charge in [0.05, 0.1) is 5.56 Å².